The Bertz CT molecular complexity index is 475. The average Bonchev–Trinajstić information content (AvgIpc) is 3.04. The highest BCUT2D eigenvalue weighted by Crippen LogP contribution is 2.27. The summed E-state index contributed by atoms with van der Waals surface area (Å²) in [4.78, 5) is 11.8. The fourth-order valence-corrected chi connectivity index (χ4v) is 2.17. The van der Waals surface area contributed by atoms with E-state index in [0.717, 1.165) is 30.4 Å². The Balaban J connectivity index is 0.00000220. The molecule has 1 aliphatic rings. The van der Waals surface area contributed by atoms with E-state index < -0.39 is 0 Å². The maximum absolute atomic E-state index is 11.8. The van der Waals surface area contributed by atoms with Gasteiger partial charge in [-0.1, -0.05) is 20.8 Å². The lowest BCUT2D eigenvalue weighted by molar-refractivity contribution is -0.115. The van der Waals surface area contributed by atoms with Crippen molar-refractivity contribution in [1.82, 2.24) is 15.1 Å². The third kappa shape index (κ3) is 6.48. The molecule has 0 aromatic carbocycles. The number of nitrogens with one attached hydrogen (secondary N) is 2. The highest BCUT2D eigenvalue weighted by atomic mass is 35.5. The summed E-state index contributed by atoms with van der Waals surface area (Å²) in [5, 5.41) is 10.5. The molecule has 6 heteroatoms. The third-order valence-electron chi connectivity index (χ3n) is 3.32. The number of aromatic nitrogens is 2. The van der Waals surface area contributed by atoms with Gasteiger partial charge in [-0.2, -0.15) is 5.10 Å². The van der Waals surface area contributed by atoms with Crippen molar-refractivity contribution in [3.05, 3.63) is 11.8 Å². The summed E-state index contributed by atoms with van der Waals surface area (Å²) in [5.41, 5.74) is 1.21. The zero-order chi connectivity index (χ0) is 14.8. The van der Waals surface area contributed by atoms with Crippen molar-refractivity contribution in [1.29, 1.82) is 0 Å². The van der Waals surface area contributed by atoms with Gasteiger partial charge in [-0.3, -0.25) is 9.48 Å². The molecule has 0 atom stereocenters. The summed E-state index contributed by atoms with van der Waals surface area (Å²) in [7, 11) is 1.86. The number of nitrogens with zero attached hydrogens (tertiary/aromatic N) is 2. The van der Waals surface area contributed by atoms with Gasteiger partial charge in [0.15, 0.2) is 0 Å². The number of halogens is 1. The first-order valence-electron chi connectivity index (χ1n) is 7.37. The van der Waals surface area contributed by atoms with Gasteiger partial charge in [0.2, 0.25) is 5.91 Å². The molecule has 1 amide bonds. The van der Waals surface area contributed by atoms with E-state index in [1.165, 1.54) is 12.8 Å². The predicted molar refractivity (Wildman–Crippen MR) is 87.8 cm³/mol. The third-order valence-corrected chi connectivity index (χ3v) is 3.32. The topological polar surface area (TPSA) is 59.0 Å². The number of anilines is 1. The van der Waals surface area contributed by atoms with E-state index in [2.05, 4.69) is 36.5 Å². The van der Waals surface area contributed by atoms with Gasteiger partial charge >= 0.3 is 0 Å². The van der Waals surface area contributed by atoms with Gasteiger partial charge in [-0.25, -0.2) is 0 Å². The Kier molecular flexibility index (Phi) is 6.23. The van der Waals surface area contributed by atoms with E-state index in [4.69, 9.17) is 0 Å². The minimum atomic E-state index is -0.00374. The van der Waals surface area contributed by atoms with Crippen molar-refractivity contribution in [3.8, 4) is 0 Å². The molecule has 1 heterocycles. The van der Waals surface area contributed by atoms with Gasteiger partial charge in [0.25, 0.3) is 0 Å². The van der Waals surface area contributed by atoms with Crippen LogP contribution < -0.4 is 10.6 Å². The molecular formula is C15H27ClN4O. The van der Waals surface area contributed by atoms with Gasteiger partial charge < -0.3 is 10.6 Å². The van der Waals surface area contributed by atoms with Crippen LogP contribution in [-0.2, 0) is 18.3 Å². The molecule has 1 fully saturated rings. The van der Waals surface area contributed by atoms with Crippen LogP contribution in [-0.4, -0.2) is 28.8 Å². The Hall–Kier alpha value is -1.07. The molecule has 1 saturated carbocycles. The van der Waals surface area contributed by atoms with Crippen LogP contribution in [0.5, 0.6) is 0 Å². The first-order chi connectivity index (χ1) is 9.33. The molecule has 1 aromatic rings. The van der Waals surface area contributed by atoms with Crippen molar-refractivity contribution in [3.63, 3.8) is 0 Å². The minimum absolute atomic E-state index is 0. The van der Waals surface area contributed by atoms with Crippen LogP contribution in [0.1, 0.15) is 39.3 Å². The van der Waals surface area contributed by atoms with Gasteiger partial charge in [-0.15, -0.1) is 12.4 Å². The lowest BCUT2D eigenvalue weighted by atomic mass is 9.91. The molecule has 21 heavy (non-hydrogen) atoms. The van der Waals surface area contributed by atoms with Crippen molar-refractivity contribution < 1.29 is 4.79 Å². The number of carbonyl (C=O) groups excluding carboxylic acids is 1. The number of hydrogen-bond acceptors (Lipinski definition) is 3. The van der Waals surface area contributed by atoms with E-state index in [0.29, 0.717) is 6.54 Å². The van der Waals surface area contributed by atoms with Gasteiger partial charge in [0.1, 0.15) is 5.82 Å². The number of aryl methyl sites for hydroxylation is 1. The second-order valence-electron chi connectivity index (χ2n) is 7.00. The van der Waals surface area contributed by atoms with Crippen LogP contribution in [0.2, 0.25) is 0 Å². The van der Waals surface area contributed by atoms with E-state index >= 15 is 0 Å². The monoisotopic (exact) mass is 314 g/mol. The van der Waals surface area contributed by atoms with Crippen molar-refractivity contribution in [2.75, 3.05) is 18.4 Å². The first kappa shape index (κ1) is 18.0. The summed E-state index contributed by atoms with van der Waals surface area (Å²) in [6.45, 7) is 7.87. The van der Waals surface area contributed by atoms with Crippen molar-refractivity contribution in [2.24, 2.45) is 18.4 Å². The van der Waals surface area contributed by atoms with Crippen LogP contribution in [0.25, 0.3) is 0 Å². The van der Waals surface area contributed by atoms with E-state index in [9.17, 15) is 4.79 Å². The second kappa shape index (κ2) is 7.27. The van der Waals surface area contributed by atoms with Gasteiger partial charge in [0.05, 0.1) is 12.2 Å². The lowest BCUT2D eigenvalue weighted by Gasteiger charge is -2.15. The molecule has 0 bridgehead atoms. The molecule has 2 N–H and O–H groups in total. The summed E-state index contributed by atoms with van der Waals surface area (Å²) in [6, 6.07) is 1.96. The molecule has 0 radical (unpaired) electrons. The number of carbonyl (C=O) groups is 1. The van der Waals surface area contributed by atoms with Crippen LogP contribution in [0.4, 0.5) is 5.82 Å². The number of hydrogen-bond donors (Lipinski definition) is 2. The maximum Gasteiger partial charge on any atom is 0.239 e. The molecule has 2 rings (SSSR count). The highest BCUT2D eigenvalue weighted by Gasteiger charge is 2.21. The quantitative estimate of drug-likeness (QED) is 0.847. The number of rotatable bonds is 6. The highest BCUT2D eigenvalue weighted by molar-refractivity contribution is 5.91. The second-order valence-corrected chi connectivity index (χ2v) is 7.00. The molecule has 1 aliphatic carbocycles. The molecular weight excluding hydrogens is 288 g/mol. The first-order valence-corrected chi connectivity index (χ1v) is 7.37. The van der Waals surface area contributed by atoms with Crippen LogP contribution in [0.3, 0.4) is 0 Å². The normalized spacial score (nSPS) is 14.7. The summed E-state index contributed by atoms with van der Waals surface area (Å²) in [6.07, 6.45) is 3.50. The van der Waals surface area contributed by atoms with E-state index in [1.54, 1.807) is 4.68 Å². The Labute approximate surface area is 133 Å². The molecule has 0 aliphatic heterocycles. The standard InChI is InChI=1S/C15H26N4O.ClH/c1-15(2,3)8-12-7-13(19(4)18-12)17-14(20)10-16-9-11-5-6-11;/h7,11,16H,5-6,8-10H2,1-4H3,(H,17,20);1H. The van der Waals surface area contributed by atoms with Crippen molar-refractivity contribution >= 4 is 24.1 Å². The van der Waals surface area contributed by atoms with Crippen LogP contribution in [0.15, 0.2) is 6.07 Å². The fourth-order valence-electron chi connectivity index (χ4n) is 2.17. The van der Waals surface area contributed by atoms with Gasteiger partial charge in [0, 0.05) is 13.1 Å². The molecule has 0 spiro atoms. The summed E-state index contributed by atoms with van der Waals surface area (Å²) >= 11 is 0. The Morgan fingerprint density at radius 2 is 2.10 bits per heavy atom. The predicted octanol–water partition coefficient (Wildman–Crippen LogP) is 2.37. The zero-order valence-electron chi connectivity index (χ0n) is 13.4. The van der Waals surface area contributed by atoms with Crippen LogP contribution in [0, 0.1) is 11.3 Å². The Morgan fingerprint density at radius 1 is 1.43 bits per heavy atom. The maximum atomic E-state index is 11.8. The number of amides is 1. The lowest BCUT2D eigenvalue weighted by Crippen LogP contribution is -2.30. The van der Waals surface area contributed by atoms with Crippen LogP contribution >= 0.6 is 12.4 Å². The molecule has 1 aromatic heterocycles. The van der Waals surface area contributed by atoms with E-state index in [-0.39, 0.29) is 23.7 Å². The minimum Gasteiger partial charge on any atom is -0.310 e. The SMILES string of the molecule is Cl.Cn1nc(CC(C)(C)C)cc1NC(=O)CNCC1CC1. The molecule has 0 unspecified atom stereocenters. The Morgan fingerprint density at radius 3 is 2.67 bits per heavy atom. The molecule has 120 valence electrons. The average molecular weight is 315 g/mol. The van der Waals surface area contributed by atoms with Gasteiger partial charge in [-0.05, 0) is 37.1 Å². The fraction of sp³-hybridized carbons (Fsp3) is 0.733. The van der Waals surface area contributed by atoms with Crippen molar-refractivity contribution in [2.45, 2.75) is 40.0 Å². The zero-order valence-corrected chi connectivity index (χ0v) is 14.2. The molecule has 0 saturated heterocycles. The smallest absolute Gasteiger partial charge is 0.239 e. The van der Waals surface area contributed by atoms with E-state index in [1.807, 2.05) is 13.1 Å². The molecule has 5 nitrogen and oxygen atoms in total. The largest absolute Gasteiger partial charge is 0.310 e. The summed E-state index contributed by atoms with van der Waals surface area (Å²) in [5.74, 6) is 1.55. The summed E-state index contributed by atoms with van der Waals surface area (Å²) < 4.78 is 1.74.